The molecule has 0 aromatic carbocycles. The summed E-state index contributed by atoms with van der Waals surface area (Å²) in [4.78, 5) is 5.99. The zero-order valence-electron chi connectivity index (χ0n) is 11.9. The van der Waals surface area contributed by atoms with Crippen molar-refractivity contribution in [3.63, 3.8) is 0 Å². The number of rotatable bonds is 8. The van der Waals surface area contributed by atoms with Crippen molar-refractivity contribution in [2.75, 3.05) is 19.6 Å². The van der Waals surface area contributed by atoms with Crippen molar-refractivity contribution in [2.24, 2.45) is 4.99 Å². The Labute approximate surface area is 138 Å². The van der Waals surface area contributed by atoms with Gasteiger partial charge in [-0.3, -0.25) is 4.99 Å². The first-order chi connectivity index (χ1) is 8.86. The van der Waals surface area contributed by atoms with Gasteiger partial charge >= 0.3 is 0 Å². The molecule has 1 aromatic rings. The second kappa shape index (κ2) is 12.7. The van der Waals surface area contributed by atoms with Gasteiger partial charge in [0.05, 0.1) is 0 Å². The van der Waals surface area contributed by atoms with Crippen molar-refractivity contribution in [2.45, 2.75) is 39.5 Å². The maximum Gasteiger partial charge on any atom is 0.191 e. The van der Waals surface area contributed by atoms with Gasteiger partial charge in [-0.25, -0.2) is 0 Å². The molecule has 0 fully saturated rings. The summed E-state index contributed by atoms with van der Waals surface area (Å²) in [7, 11) is 0. The molecule has 0 aliphatic rings. The molecule has 19 heavy (non-hydrogen) atoms. The highest BCUT2D eigenvalue weighted by Gasteiger charge is 1.97. The molecule has 110 valence electrons. The van der Waals surface area contributed by atoms with Crippen LogP contribution >= 0.6 is 35.3 Å². The van der Waals surface area contributed by atoms with Crippen molar-refractivity contribution in [1.29, 1.82) is 0 Å². The van der Waals surface area contributed by atoms with Gasteiger partial charge in [-0.1, -0.05) is 25.8 Å². The van der Waals surface area contributed by atoms with Crippen LogP contribution in [0.5, 0.6) is 0 Å². The summed E-state index contributed by atoms with van der Waals surface area (Å²) in [6, 6.07) is 4.28. The number of halogens is 1. The molecule has 0 aliphatic heterocycles. The van der Waals surface area contributed by atoms with Gasteiger partial charge in [0.1, 0.15) is 0 Å². The molecule has 0 unspecified atom stereocenters. The molecule has 0 atom stereocenters. The fraction of sp³-hybridized carbons (Fsp3) is 0.643. The molecule has 0 amide bonds. The second-order valence-electron chi connectivity index (χ2n) is 4.22. The van der Waals surface area contributed by atoms with E-state index in [1.54, 1.807) is 0 Å². The Hall–Kier alpha value is -0.300. The van der Waals surface area contributed by atoms with E-state index < -0.39 is 0 Å². The molecular formula is C14H26IN3S. The number of guanidine groups is 1. The Kier molecular flexibility index (Phi) is 12.5. The fourth-order valence-corrected chi connectivity index (χ4v) is 2.36. The number of hydrogen-bond donors (Lipinski definition) is 2. The summed E-state index contributed by atoms with van der Waals surface area (Å²) < 4.78 is 0. The van der Waals surface area contributed by atoms with Gasteiger partial charge in [-0.2, -0.15) is 0 Å². The predicted octanol–water partition coefficient (Wildman–Crippen LogP) is 3.65. The van der Waals surface area contributed by atoms with Gasteiger partial charge < -0.3 is 10.6 Å². The van der Waals surface area contributed by atoms with Gasteiger partial charge in [0, 0.05) is 24.5 Å². The van der Waals surface area contributed by atoms with Crippen LogP contribution in [0.15, 0.2) is 22.5 Å². The zero-order chi connectivity index (χ0) is 13.1. The van der Waals surface area contributed by atoms with Gasteiger partial charge in [0.15, 0.2) is 5.96 Å². The summed E-state index contributed by atoms with van der Waals surface area (Å²) in [5.41, 5.74) is 0. The average Bonchev–Trinajstić information content (AvgIpc) is 2.87. The lowest BCUT2D eigenvalue weighted by molar-refractivity contribution is 0.717. The molecule has 1 heterocycles. The number of unbranched alkanes of at least 4 members (excludes halogenated alkanes) is 2. The normalized spacial score (nSPS) is 10.9. The van der Waals surface area contributed by atoms with E-state index in [2.05, 4.69) is 47.0 Å². The maximum atomic E-state index is 4.57. The number of hydrogen-bond acceptors (Lipinski definition) is 2. The quantitative estimate of drug-likeness (QED) is 0.305. The second-order valence-corrected chi connectivity index (χ2v) is 5.26. The first-order valence-corrected chi connectivity index (χ1v) is 7.79. The third kappa shape index (κ3) is 9.27. The smallest absolute Gasteiger partial charge is 0.191 e. The first-order valence-electron chi connectivity index (χ1n) is 6.91. The minimum Gasteiger partial charge on any atom is -0.357 e. The Balaban J connectivity index is 0.00000324. The van der Waals surface area contributed by atoms with Crippen LogP contribution in [0.1, 0.15) is 38.0 Å². The minimum absolute atomic E-state index is 0. The summed E-state index contributed by atoms with van der Waals surface area (Å²) in [6.07, 6.45) is 4.75. The minimum atomic E-state index is 0. The van der Waals surface area contributed by atoms with Crippen LogP contribution in [0.4, 0.5) is 0 Å². The van der Waals surface area contributed by atoms with Gasteiger partial charge in [-0.05, 0) is 31.2 Å². The van der Waals surface area contributed by atoms with Crippen LogP contribution in [0.25, 0.3) is 0 Å². The number of aliphatic imine (C=N–C) groups is 1. The number of nitrogens with one attached hydrogen (secondary N) is 2. The van der Waals surface area contributed by atoms with E-state index in [0.717, 1.165) is 32.0 Å². The van der Waals surface area contributed by atoms with Gasteiger partial charge in [0.2, 0.25) is 0 Å². The first kappa shape index (κ1) is 18.7. The molecule has 3 nitrogen and oxygen atoms in total. The van der Waals surface area contributed by atoms with Crippen LogP contribution in [0.3, 0.4) is 0 Å². The lowest BCUT2D eigenvalue weighted by atomic mass is 10.2. The molecule has 0 aliphatic carbocycles. The molecule has 1 aromatic heterocycles. The molecule has 0 saturated carbocycles. The van der Waals surface area contributed by atoms with E-state index in [4.69, 9.17) is 0 Å². The average molecular weight is 395 g/mol. The van der Waals surface area contributed by atoms with Crippen molar-refractivity contribution in [3.8, 4) is 0 Å². The van der Waals surface area contributed by atoms with E-state index >= 15 is 0 Å². The molecule has 0 radical (unpaired) electrons. The van der Waals surface area contributed by atoms with E-state index in [1.807, 2.05) is 11.3 Å². The third-order valence-electron chi connectivity index (χ3n) is 2.62. The summed E-state index contributed by atoms with van der Waals surface area (Å²) in [6.45, 7) is 7.09. The lowest BCUT2D eigenvalue weighted by Gasteiger charge is -2.10. The Morgan fingerprint density at radius 2 is 2.11 bits per heavy atom. The highest BCUT2D eigenvalue weighted by molar-refractivity contribution is 14.0. The Morgan fingerprint density at radius 3 is 2.74 bits per heavy atom. The topological polar surface area (TPSA) is 36.4 Å². The maximum absolute atomic E-state index is 4.57. The van der Waals surface area contributed by atoms with E-state index in [9.17, 15) is 0 Å². The Morgan fingerprint density at radius 1 is 1.26 bits per heavy atom. The van der Waals surface area contributed by atoms with Crippen LogP contribution in [0.2, 0.25) is 0 Å². The monoisotopic (exact) mass is 395 g/mol. The van der Waals surface area contributed by atoms with E-state index in [0.29, 0.717) is 0 Å². The van der Waals surface area contributed by atoms with Gasteiger partial charge in [-0.15, -0.1) is 35.3 Å². The van der Waals surface area contributed by atoms with Crippen LogP contribution in [-0.2, 0) is 6.42 Å². The molecule has 0 bridgehead atoms. The number of thiophene rings is 1. The Bertz CT molecular complexity index is 325. The summed E-state index contributed by atoms with van der Waals surface area (Å²) in [5.74, 6) is 0.949. The highest BCUT2D eigenvalue weighted by Crippen LogP contribution is 2.07. The van der Waals surface area contributed by atoms with Crippen LogP contribution < -0.4 is 10.6 Å². The van der Waals surface area contributed by atoms with Crippen LogP contribution in [-0.4, -0.2) is 25.6 Å². The predicted molar refractivity (Wildman–Crippen MR) is 96.9 cm³/mol. The van der Waals surface area contributed by atoms with Crippen molar-refractivity contribution in [1.82, 2.24) is 10.6 Å². The standard InChI is InChI=1S/C14H25N3S.HI/c1-3-5-6-10-16-14(15-4-2)17-11-9-13-8-7-12-18-13;/h7-8,12H,3-6,9-11H2,1-2H3,(H2,15,16,17);1H. The molecular weight excluding hydrogens is 369 g/mol. The SMILES string of the molecule is CCCCCN=C(NCC)NCCc1cccs1.I. The molecule has 0 spiro atoms. The van der Waals surface area contributed by atoms with E-state index in [-0.39, 0.29) is 24.0 Å². The van der Waals surface area contributed by atoms with Crippen molar-refractivity contribution >= 4 is 41.3 Å². The van der Waals surface area contributed by atoms with Crippen molar-refractivity contribution < 1.29 is 0 Å². The number of nitrogens with zero attached hydrogens (tertiary/aromatic N) is 1. The van der Waals surface area contributed by atoms with E-state index in [1.165, 1.54) is 24.1 Å². The van der Waals surface area contributed by atoms with Gasteiger partial charge in [0.25, 0.3) is 0 Å². The summed E-state index contributed by atoms with van der Waals surface area (Å²) in [5, 5.41) is 8.79. The van der Waals surface area contributed by atoms with Crippen LogP contribution in [0, 0.1) is 0 Å². The highest BCUT2D eigenvalue weighted by atomic mass is 127. The lowest BCUT2D eigenvalue weighted by Crippen LogP contribution is -2.38. The summed E-state index contributed by atoms with van der Waals surface area (Å²) >= 11 is 1.81. The fourth-order valence-electron chi connectivity index (χ4n) is 1.65. The molecule has 1 rings (SSSR count). The third-order valence-corrected chi connectivity index (χ3v) is 3.56. The molecule has 5 heteroatoms. The van der Waals surface area contributed by atoms with Crippen molar-refractivity contribution in [3.05, 3.63) is 22.4 Å². The molecule has 0 saturated heterocycles. The largest absolute Gasteiger partial charge is 0.357 e. The zero-order valence-corrected chi connectivity index (χ0v) is 15.1. The molecule has 2 N–H and O–H groups in total.